The molecular weight excluding hydrogens is 238 g/mol. The molecule has 100 valence electrons. The van der Waals surface area contributed by atoms with Gasteiger partial charge in [-0.2, -0.15) is 17.4 Å². The van der Waals surface area contributed by atoms with Gasteiger partial charge in [-0.25, -0.2) is 0 Å². The lowest BCUT2D eigenvalue weighted by atomic mass is 10.00. The average molecular weight is 261 g/mol. The SMILES string of the molecule is CCN(CC1CCCNC1)S(=O)(=O)NC1CC1. The molecule has 2 rings (SSSR count). The summed E-state index contributed by atoms with van der Waals surface area (Å²) in [4.78, 5) is 0. The standard InChI is InChI=1S/C11H23N3O2S/c1-2-14(9-10-4-3-7-12-8-10)17(15,16)13-11-5-6-11/h10-13H,2-9H2,1H3. The molecule has 0 spiro atoms. The molecule has 2 fully saturated rings. The zero-order valence-corrected chi connectivity index (χ0v) is 11.3. The Kier molecular flexibility index (Phi) is 4.41. The molecule has 1 heterocycles. The molecule has 0 radical (unpaired) electrons. The van der Waals surface area contributed by atoms with Crippen molar-refractivity contribution >= 4 is 10.2 Å². The number of hydrogen-bond donors (Lipinski definition) is 2. The molecular formula is C11H23N3O2S. The first-order valence-electron chi connectivity index (χ1n) is 6.60. The lowest BCUT2D eigenvalue weighted by Gasteiger charge is -2.28. The summed E-state index contributed by atoms with van der Waals surface area (Å²) < 4.78 is 28.5. The van der Waals surface area contributed by atoms with E-state index in [2.05, 4.69) is 10.0 Å². The lowest BCUT2D eigenvalue weighted by Crippen LogP contribution is -2.46. The van der Waals surface area contributed by atoms with Gasteiger partial charge in [-0.1, -0.05) is 6.92 Å². The molecule has 1 aliphatic heterocycles. The molecule has 5 nitrogen and oxygen atoms in total. The van der Waals surface area contributed by atoms with E-state index in [9.17, 15) is 8.42 Å². The van der Waals surface area contributed by atoms with Gasteiger partial charge in [-0.15, -0.1) is 0 Å². The fourth-order valence-corrected chi connectivity index (χ4v) is 3.80. The van der Waals surface area contributed by atoms with E-state index >= 15 is 0 Å². The molecule has 17 heavy (non-hydrogen) atoms. The smallest absolute Gasteiger partial charge is 0.279 e. The number of nitrogens with zero attached hydrogens (tertiary/aromatic N) is 1. The van der Waals surface area contributed by atoms with E-state index in [0.717, 1.165) is 38.8 Å². The first kappa shape index (κ1) is 13.3. The van der Waals surface area contributed by atoms with Gasteiger partial charge in [0.15, 0.2) is 0 Å². The van der Waals surface area contributed by atoms with Gasteiger partial charge in [-0.05, 0) is 44.7 Å². The van der Waals surface area contributed by atoms with Crippen LogP contribution in [0.5, 0.6) is 0 Å². The van der Waals surface area contributed by atoms with E-state index in [1.165, 1.54) is 0 Å². The number of nitrogens with one attached hydrogen (secondary N) is 2. The Morgan fingerprint density at radius 2 is 2.12 bits per heavy atom. The van der Waals surface area contributed by atoms with E-state index in [1.807, 2.05) is 6.92 Å². The number of piperidine rings is 1. The van der Waals surface area contributed by atoms with Crippen molar-refractivity contribution in [2.24, 2.45) is 5.92 Å². The van der Waals surface area contributed by atoms with Gasteiger partial charge in [0, 0.05) is 19.1 Å². The van der Waals surface area contributed by atoms with Crippen LogP contribution in [0.2, 0.25) is 0 Å². The third-order valence-corrected chi connectivity index (χ3v) is 5.16. The minimum absolute atomic E-state index is 0.193. The maximum Gasteiger partial charge on any atom is 0.279 e. The lowest BCUT2D eigenvalue weighted by molar-refractivity contribution is 0.295. The monoisotopic (exact) mass is 261 g/mol. The molecule has 1 aliphatic carbocycles. The molecule has 0 amide bonds. The second kappa shape index (κ2) is 5.65. The summed E-state index contributed by atoms with van der Waals surface area (Å²) in [6, 6.07) is 0.193. The van der Waals surface area contributed by atoms with E-state index in [0.29, 0.717) is 19.0 Å². The molecule has 0 aromatic heterocycles. The molecule has 0 aromatic carbocycles. The second-order valence-corrected chi connectivity index (χ2v) is 6.76. The van der Waals surface area contributed by atoms with Crippen molar-refractivity contribution in [3.63, 3.8) is 0 Å². The zero-order chi connectivity index (χ0) is 12.3. The summed E-state index contributed by atoms with van der Waals surface area (Å²) >= 11 is 0. The van der Waals surface area contributed by atoms with E-state index in [4.69, 9.17) is 0 Å². The Morgan fingerprint density at radius 1 is 1.35 bits per heavy atom. The van der Waals surface area contributed by atoms with Gasteiger partial charge >= 0.3 is 0 Å². The van der Waals surface area contributed by atoms with E-state index < -0.39 is 10.2 Å². The predicted octanol–water partition coefficient (Wildman–Crippen LogP) is 0.305. The maximum absolute atomic E-state index is 12.1. The highest BCUT2D eigenvalue weighted by atomic mass is 32.2. The normalized spacial score (nSPS) is 26.4. The highest BCUT2D eigenvalue weighted by molar-refractivity contribution is 7.87. The molecule has 1 saturated heterocycles. The maximum atomic E-state index is 12.1. The van der Waals surface area contributed by atoms with Crippen LogP contribution >= 0.6 is 0 Å². The van der Waals surface area contributed by atoms with Crippen LogP contribution in [0.3, 0.4) is 0 Å². The third kappa shape index (κ3) is 3.91. The first-order chi connectivity index (χ1) is 8.12. The van der Waals surface area contributed by atoms with Gasteiger partial charge in [0.05, 0.1) is 0 Å². The van der Waals surface area contributed by atoms with Crippen LogP contribution in [-0.2, 0) is 10.2 Å². The molecule has 0 aromatic rings. The van der Waals surface area contributed by atoms with Crippen molar-refractivity contribution < 1.29 is 8.42 Å². The molecule has 6 heteroatoms. The third-order valence-electron chi connectivity index (χ3n) is 3.45. The summed E-state index contributed by atoms with van der Waals surface area (Å²) in [5.74, 6) is 0.458. The summed E-state index contributed by atoms with van der Waals surface area (Å²) in [6.07, 6.45) is 4.25. The van der Waals surface area contributed by atoms with Crippen molar-refractivity contribution in [2.45, 2.75) is 38.6 Å². The summed E-state index contributed by atoms with van der Waals surface area (Å²) in [5, 5.41) is 3.33. The highest BCUT2D eigenvalue weighted by Crippen LogP contribution is 2.21. The van der Waals surface area contributed by atoms with Crippen molar-refractivity contribution in [1.82, 2.24) is 14.3 Å². The van der Waals surface area contributed by atoms with Crippen LogP contribution in [0.15, 0.2) is 0 Å². The summed E-state index contributed by atoms with van der Waals surface area (Å²) in [6.45, 7) is 5.11. The number of hydrogen-bond acceptors (Lipinski definition) is 3. The Bertz CT molecular complexity index is 335. The topological polar surface area (TPSA) is 61.4 Å². The van der Waals surface area contributed by atoms with Crippen LogP contribution in [0, 0.1) is 5.92 Å². The molecule has 2 aliphatic rings. The molecule has 2 N–H and O–H groups in total. The van der Waals surface area contributed by atoms with Gasteiger partial charge in [-0.3, -0.25) is 0 Å². The summed E-state index contributed by atoms with van der Waals surface area (Å²) in [5.41, 5.74) is 0. The molecule has 0 bridgehead atoms. The van der Waals surface area contributed by atoms with Crippen molar-refractivity contribution in [2.75, 3.05) is 26.2 Å². The van der Waals surface area contributed by atoms with Crippen LogP contribution in [0.1, 0.15) is 32.6 Å². The molecule has 1 saturated carbocycles. The molecule has 1 unspecified atom stereocenters. The predicted molar refractivity (Wildman–Crippen MR) is 67.9 cm³/mol. The Balaban J connectivity index is 1.89. The fourth-order valence-electron chi connectivity index (χ4n) is 2.25. The Morgan fingerprint density at radius 3 is 2.65 bits per heavy atom. The van der Waals surface area contributed by atoms with Gasteiger partial charge < -0.3 is 5.32 Å². The highest BCUT2D eigenvalue weighted by Gasteiger charge is 2.31. The van der Waals surface area contributed by atoms with Crippen molar-refractivity contribution in [1.29, 1.82) is 0 Å². The fraction of sp³-hybridized carbons (Fsp3) is 1.00. The minimum Gasteiger partial charge on any atom is -0.316 e. The van der Waals surface area contributed by atoms with Gasteiger partial charge in [0.25, 0.3) is 10.2 Å². The average Bonchev–Trinajstić information content (AvgIpc) is 3.10. The van der Waals surface area contributed by atoms with E-state index in [1.54, 1.807) is 4.31 Å². The van der Waals surface area contributed by atoms with Crippen LogP contribution < -0.4 is 10.0 Å². The Hall–Kier alpha value is -0.170. The van der Waals surface area contributed by atoms with Crippen LogP contribution in [0.4, 0.5) is 0 Å². The zero-order valence-electron chi connectivity index (χ0n) is 10.5. The van der Waals surface area contributed by atoms with Crippen molar-refractivity contribution in [3.8, 4) is 0 Å². The van der Waals surface area contributed by atoms with Crippen LogP contribution in [0.25, 0.3) is 0 Å². The largest absolute Gasteiger partial charge is 0.316 e. The van der Waals surface area contributed by atoms with Gasteiger partial charge in [0.2, 0.25) is 0 Å². The van der Waals surface area contributed by atoms with E-state index in [-0.39, 0.29) is 6.04 Å². The first-order valence-corrected chi connectivity index (χ1v) is 8.04. The number of rotatable bonds is 6. The van der Waals surface area contributed by atoms with Crippen LogP contribution in [-0.4, -0.2) is 44.9 Å². The second-order valence-electron chi connectivity index (χ2n) is 5.06. The summed E-state index contributed by atoms with van der Waals surface area (Å²) in [7, 11) is -3.25. The Labute approximate surface area is 104 Å². The minimum atomic E-state index is -3.25. The van der Waals surface area contributed by atoms with Gasteiger partial charge in [0.1, 0.15) is 0 Å². The molecule has 1 atom stereocenters. The quantitative estimate of drug-likeness (QED) is 0.723. The van der Waals surface area contributed by atoms with Crippen molar-refractivity contribution in [3.05, 3.63) is 0 Å².